The number of para-hydroxylation sites is 1. The first-order chi connectivity index (χ1) is 9.87. The van der Waals surface area contributed by atoms with Gasteiger partial charge in [-0.15, -0.1) is 9.97 Å². The van der Waals surface area contributed by atoms with Crippen molar-refractivity contribution in [3.8, 4) is 6.07 Å². The molecule has 0 saturated heterocycles. The van der Waals surface area contributed by atoms with Crippen molar-refractivity contribution in [1.29, 1.82) is 5.26 Å². The lowest BCUT2D eigenvalue weighted by molar-refractivity contribution is -0.415. The molecule has 0 heterocycles. The van der Waals surface area contributed by atoms with E-state index in [1.165, 1.54) is 0 Å². The maximum Gasteiger partial charge on any atom is 0.450 e. The molecule has 0 saturated carbocycles. The molecule has 1 aromatic rings. The second-order valence-corrected chi connectivity index (χ2v) is 4.91. The lowest BCUT2D eigenvalue weighted by Crippen LogP contribution is -2.20. The summed E-state index contributed by atoms with van der Waals surface area (Å²) in [6.45, 7) is 5.16. The highest BCUT2D eigenvalue weighted by molar-refractivity contribution is 5.90. The van der Waals surface area contributed by atoms with Gasteiger partial charge in [-0.3, -0.25) is 0 Å². The molecule has 0 bridgehead atoms. The second-order valence-electron chi connectivity index (χ2n) is 4.91. The van der Waals surface area contributed by atoms with Gasteiger partial charge in [0.1, 0.15) is 0 Å². The van der Waals surface area contributed by atoms with Crippen LogP contribution in [0.15, 0.2) is 39.6 Å². The van der Waals surface area contributed by atoms with Crippen LogP contribution in [-0.4, -0.2) is 16.2 Å². The molecule has 0 fully saturated rings. The van der Waals surface area contributed by atoms with Crippen LogP contribution in [0.4, 0.5) is 11.4 Å². The molecule has 9 nitrogen and oxygen atoms in total. The number of azo groups is 1. The molecule has 0 atom stereocenters. The zero-order valence-corrected chi connectivity index (χ0v) is 11.8. The number of benzene rings is 1. The first-order valence-electron chi connectivity index (χ1n) is 5.95. The van der Waals surface area contributed by atoms with Crippen LogP contribution >= 0.6 is 0 Å². The average Bonchev–Trinajstić information content (AvgIpc) is 2.39. The predicted molar refractivity (Wildman–Crippen MR) is 77.7 cm³/mol. The Balaban J connectivity index is 3.05. The summed E-state index contributed by atoms with van der Waals surface area (Å²) in [5.41, 5.74) is 11.0. The highest BCUT2D eigenvalue weighted by atomic mass is 16.5. The number of rotatable bonds is 3. The van der Waals surface area contributed by atoms with Crippen LogP contribution in [0.3, 0.4) is 0 Å². The largest absolute Gasteiger partial charge is 0.690 e. The van der Waals surface area contributed by atoms with E-state index in [0.29, 0.717) is 11.4 Å². The number of anilines is 1. The van der Waals surface area contributed by atoms with Gasteiger partial charge in [-0.2, -0.15) is 10.7 Å². The predicted octanol–water partition coefficient (Wildman–Crippen LogP) is 3.64. The van der Waals surface area contributed by atoms with Crippen molar-refractivity contribution in [2.75, 3.05) is 5.43 Å². The van der Waals surface area contributed by atoms with Gasteiger partial charge in [-0.05, 0) is 32.4 Å². The van der Waals surface area contributed by atoms with Crippen molar-refractivity contribution < 1.29 is 4.86 Å². The van der Waals surface area contributed by atoms with Crippen molar-refractivity contribution in [3.05, 3.63) is 39.9 Å². The standard InChI is InChI=1S/C12H14N8O/c1-12(2,3)18-20(21)11(8-13)17-15-9-6-4-5-7-10(9)16-19-14/h4-7,15H,1-3H3. The fourth-order valence-corrected chi connectivity index (χ4v) is 1.25. The van der Waals surface area contributed by atoms with Gasteiger partial charge in [0, 0.05) is 4.91 Å². The maximum atomic E-state index is 11.7. The third-order valence-electron chi connectivity index (χ3n) is 2.01. The summed E-state index contributed by atoms with van der Waals surface area (Å²) in [6.07, 6.45) is 0. The average molecular weight is 286 g/mol. The third-order valence-corrected chi connectivity index (χ3v) is 2.01. The molecule has 0 unspecified atom stereocenters. The highest BCUT2D eigenvalue weighted by Crippen LogP contribution is 2.24. The Morgan fingerprint density at radius 2 is 2.10 bits per heavy atom. The maximum absolute atomic E-state index is 11.7. The summed E-state index contributed by atoms with van der Waals surface area (Å²) in [4.78, 5) is 2.83. The second kappa shape index (κ2) is 6.88. The Morgan fingerprint density at radius 3 is 2.67 bits per heavy atom. The minimum atomic E-state index is -0.637. The molecular formula is C12H14N8O. The van der Waals surface area contributed by atoms with E-state index in [9.17, 15) is 5.21 Å². The molecular weight excluding hydrogens is 272 g/mol. The van der Waals surface area contributed by atoms with Gasteiger partial charge in [-0.25, -0.2) is 0 Å². The number of azide groups is 1. The van der Waals surface area contributed by atoms with Gasteiger partial charge in [0.05, 0.1) is 22.0 Å². The van der Waals surface area contributed by atoms with E-state index < -0.39 is 11.4 Å². The van der Waals surface area contributed by atoms with Crippen LogP contribution in [0.1, 0.15) is 20.8 Å². The smallest absolute Gasteiger partial charge is 0.450 e. The Morgan fingerprint density at radius 1 is 1.43 bits per heavy atom. The van der Waals surface area contributed by atoms with E-state index in [2.05, 4.69) is 25.7 Å². The van der Waals surface area contributed by atoms with Crippen LogP contribution in [0.2, 0.25) is 0 Å². The number of hydrogen-bond donors (Lipinski definition) is 1. The molecule has 0 amide bonds. The first kappa shape index (κ1) is 15.9. The minimum Gasteiger partial charge on any atom is -0.690 e. The zero-order valence-electron chi connectivity index (χ0n) is 11.8. The van der Waals surface area contributed by atoms with E-state index in [1.54, 1.807) is 51.1 Å². The molecule has 9 heteroatoms. The number of nitriles is 1. The third kappa shape index (κ3) is 5.18. The van der Waals surface area contributed by atoms with Crippen molar-refractivity contribution in [1.82, 2.24) is 0 Å². The Hall–Kier alpha value is -3.11. The molecule has 0 spiro atoms. The number of hydroxylamine groups is 1. The molecule has 0 aliphatic carbocycles. The van der Waals surface area contributed by atoms with Crippen LogP contribution in [0.25, 0.3) is 10.4 Å². The lowest BCUT2D eigenvalue weighted by atomic mass is 10.1. The summed E-state index contributed by atoms with van der Waals surface area (Å²) in [5.74, 6) is -0.458. The molecule has 0 aliphatic heterocycles. The quantitative estimate of drug-likeness (QED) is 0.173. The summed E-state index contributed by atoms with van der Waals surface area (Å²) in [5, 5.41) is 31.5. The van der Waals surface area contributed by atoms with Gasteiger partial charge in [0.25, 0.3) is 0 Å². The first-order valence-corrected chi connectivity index (χ1v) is 5.95. The Labute approximate surface area is 121 Å². The Kier molecular flexibility index (Phi) is 5.23. The topological polar surface area (TPSA) is 135 Å². The number of hydrogen-bond acceptors (Lipinski definition) is 6. The number of hydrazone groups is 1. The summed E-state index contributed by atoms with van der Waals surface area (Å²) in [7, 11) is 0. The van der Waals surface area contributed by atoms with Crippen LogP contribution in [-0.2, 0) is 0 Å². The Bertz CT molecular complexity index is 659. The molecule has 0 aliphatic rings. The SMILES string of the molecule is CC(C)(C)N=[N+]([O-])C(C#N)=NNc1ccccc1N=[N+]=[N-]. The summed E-state index contributed by atoms with van der Waals surface area (Å²) < 4.78 is 0. The van der Waals surface area contributed by atoms with Gasteiger partial charge >= 0.3 is 5.84 Å². The molecule has 0 aromatic heterocycles. The van der Waals surface area contributed by atoms with Crippen molar-refractivity contribution in [2.45, 2.75) is 26.3 Å². The normalized spacial score (nSPS) is 12.3. The number of amidine groups is 1. The van der Waals surface area contributed by atoms with Crippen molar-refractivity contribution in [2.24, 2.45) is 15.3 Å². The molecule has 0 radical (unpaired) electrons. The van der Waals surface area contributed by atoms with Gasteiger partial charge in [0.2, 0.25) is 0 Å². The van der Waals surface area contributed by atoms with Gasteiger partial charge in [0.15, 0.2) is 6.07 Å². The lowest BCUT2D eigenvalue weighted by Gasteiger charge is -2.12. The van der Waals surface area contributed by atoms with E-state index >= 15 is 0 Å². The van der Waals surface area contributed by atoms with Gasteiger partial charge in [-0.1, -0.05) is 23.3 Å². The summed E-state index contributed by atoms with van der Waals surface area (Å²) >= 11 is 0. The molecule has 1 rings (SSSR count). The van der Waals surface area contributed by atoms with Crippen LogP contribution in [0.5, 0.6) is 0 Å². The minimum absolute atomic E-state index is 0.156. The molecule has 108 valence electrons. The number of nitrogens with zero attached hydrogens (tertiary/aromatic N) is 7. The molecule has 1 aromatic carbocycles. The van der Waals surface area contributed by atoms with Crippen LogP contribution in [0, 0.1) is 16.5 Å². The van der Waals surface area contributed by atoms with Crippen LogP contribution < -0.4 is 5.43 Å². The summed E-state index contributed by atoms with van der Waals surface area (Å²) in [6, 6.07) is 8.18. The zero-order chi connectivity index (χ0) is 15.9. The number of nitrogens with one attached hydrogen (secondary N) is 1. The van der Waals surface area contributed by atoms with E-state index in [1.807, 2.05) is 0 Å². The van der Waals surface area contributed by atoms with E-state index in [0.717, 1.165) is 0 Å². The van der Waals surface area contributed by atoms with E-state index in [4.69, 9.17) is 10.8 Å². The fourth-order valence-electron chi connectivity index (χ4n) is 1.25. The van der Waals surface area contributed by atoms with Crippen molar-refractivity contribution >= 4 is 17.2 Å². The fraction of sp³-hybridized carbons (Fsp3) is 0.333. The van der Waals surface area contributed by atoms with Crippen molar-refractivity contribution in [3.63, 3.8) is 0 Å². The monoisotopic (exact) mass is 286 g/mol. The molecule has 21 heavy (non-hydrogen) atoms. The van der Waals surface area contributed by atoms with Gasteiger partial charge < -0.3 is 5.21 Å². The molecule has 1 N–H and O–H groups in total. The van der Waals surface area contributed by atoms with E-state index in [-0.39, 0.29) is 4.86 Å². The highest BCUT2D eigenvalue weighted by Gasteiger charge is 2.16.